The van der Waals surface area contributed by atoms with Gasteiger partial charge in [0.2, 0.25) is 5.91 Å². The lowest BCUT2D eigenvalue weighted by molar-refractivity contribution is -0.123. The van der Waals surface area contributed by atoms with Crippen molar-refractivity contribution in [3.8, 4) is 0 Å². The maximum absolute atomic E-state index is 12.5. The minimum atomic E-state index is -0.667. The van der Waals surface area contributed by atoms with Crippen molar-refractivity contribution in [2.75, 3.05) is 6.61 Å². The van der Waals surface area contributed by atoms with Crippen LogP contribution in [0.25, 0.3) is 0 Å². The second-order valence-corrected chi connectivity index (χ2v) is 20.4. The van der Waals surface area contributed by atoms with Crippen molar-refractivity contribution in [1.29, 1.82) is 0 Å². The Labute approximate surface area is 431 Å². The summed E-state index contributed by atoms with van der Waals surface area (Å²) in [6.45, 7) is 4.27. The molecule has 1 amide bonds. The molecular weight excluding hydrogens is 843 g/mol. The molecular formula is C65H117NO3. The van der Waals surface area contributed by atoms with E-state index in [1.807, 2.05) is 0 Å². The van der Waals surface area contributed by atoms with Crippen LogP contribution in [-0.4, -0.2) is 34.9 Å². The quantitative estimate of drug-likeness (QED) is 0.0420. The number of aliphatic hydroxyl groups is 2. The van der Waals surface area contributed by atoms with Crippen molar-refractivity contribution in [3.63, 3.8) is 0 Å². The van der Waals surface area contributed by atoms with E-state index in [0.717, 1.165) is 70.6 Å². The molecule has 4 nitrogen and oxygen atoms in total. The first-order valence-electron chi connectivity index (χ1n) is 30.3. The van der Waals surface area contributed by atoms with Gasteiger partial charge in [-0.25, -0.2) is 0 Å². The number of unbranched alkanes of at least 4 members (excludes halogenated alkanes) is 34. The number of aliphatic hydroxyl groups excluding tert-OH is 2. The maximum atomic E-state index is 12.5. The van der Waals surface area contributed by atoms with Crippen molar-refractivity contribution in [2.24, 2.45) is 0 Å². The lowest BCUT2D eigenvalue weighted by Crippen LogP contribution is -2.45. The highest BCUT2D eigenvalue weighted by molar-refractivity contribution is 5.76. The zero-order valence-corrected chi connectivity index (χ0v) is 46.1. The second kappa shape index (κ2) is 59.9. The van der Waals surface area contributed by atoms with Crippen molar-refractivity contribution >= 4 is 5.91 Å². The van der Waals surface area contributed by atoms with E-state index in [9.17, 15) is 15.0 Å². The van der Waals surface area contributed by atoms with Crippen molar-refractivity contribution < 1.29 is 15.0 Å². The van der Waals surface area contributed by atoms with Gasteiger partial charge in [-0.05, 0) is 70.6 Å². The Morgan fingerprint density at radius 1 is 0.362 bits per heavy atom. The van der Waals surface area contributed by atoms with Gasteiger partial charge in [-0.1, -0.05) is 311 Å². The second-order valence-electron chi connectivity index (χ2n) is 20.4. The molecule has 0 aromatic heterocycles. The van der Waals surface area contributed by atoms with Gasteiger partial charge in [0.05, 0.1) is 18.8 Å². The molecule has 69 heavy (non-hydrogen) atoms. The molecule has 4 heteroatoms. The number of allylic oxidation sites excluding steroid dienone is 14. The Morgan fingerprint density at radius 2 is 0.638 bits per heavy atom. The minimum absolute atomic E-state index is 0.0342. The summed E-state index contributed by atoms with van der Waals surface area (Å²) in [5.74, 6) is -0.0342. The summed E-state index contributed by atoms with van der Waals surface area (Å²) in [6.07, 6.45) is 87.2. The summed E-state index contributed by atoms with van der Waals surface area (Å²) in [5, 5.41) is 23.4. The van der Waals surface area contributed by atoms with Gasteiger partial charge in [0.25, 0.3) is 0 Å². The molecule has 0 aromatic rings. The van der Waals surface area contributed by atoms with E-state index in [-0.39, 0.29) is 12.5 Å². The summed E-state index contributed by atoms with van der Waals surface area (Å²) in [7, 11) is 0. The van der Waals surface area contributed by atoms with Crippen molar-refractivity contribution in [2.45, 2.75) is 315 Å². The van der Waals surface area contributed by atoms with Crippen LogP contribution in [0.4, 0.5) is 0 Å². The van der Waals surface area contributed by atoms with Crippen LogP contribution in [0.3, 0.4) is 0 Å². The molecule has 0 saturated heterocycles. The van der Waals surface area contributed by atoms with Gasteiger partial charge in [-0.15, -0.1) is 0 Å². The van der Waals surface area contributed by atoms with Crippen LogP contribution in [0.5, 0.6) is 0 Å². The number of hydrogen-bond acceptors (Lipinski definition) is 3. The largest absolute Gasteiger partial charge is 0.394 e. The molecule has 0 heterocycles. The van der Waals surface area contributed by atoms with Crippen LogP contribution in [0, 0.1) is 0 Å². The van der Waals surface area contributed by atoms with Crippen molar-refractivity contribution in [1.82, 2.24) is 5.32 Å². The number of nitrogens with one attached hydrogen (secondary N) is 1. The first-order chi connectivity index (χ1) is 34.2. The van der Waals surface area contributed by atoms with Gasteiger partial charge in [-0.3, -0.25) is 4.79 Å². The van der Waals surface area contributed by atoms with Gasteiger partial charge < -0.3 is 15.5 Å². The Morgan fingerprint density at radius 3 is 0.957 bits per heavy atom. The molecule has 0 aromatic carbocycles. The summed E-state index contributed by atoms with van der Waals surface area (Å²) in [5.41, 5.74) is 0. The Kier molecular flexibility index (Phi) is 57.8. The molecule has 0 aliphatic rings. The summed E-state index contributed by atoms with van der Waals surface area (Å²) in [4.78, 5) is 12.5. The first kappa shape index (κ1) is 66.6. The highest BCUT2D eigenvalue weighted by Gasteiger charge is 2.20. The fourth-order valence-electron chi connectivity index (χ4n) is 9.11. The number of carbonyl (C=O) groups is 1. The zero-order chi connectivity index (χ0) is 49.9. The molecule has 0 fully saturated rings. The van der Waals surface area contributed by atoms with Crippen LogP contribution in [0.15, 0.2) is 85.1 Å². The van der Waals surface area contributed by atoms with Crippen molar-refractivity contribution in [3.05, 3.63) is 85.1 Å². The molecule has 0 rings (SSSR count). The standard InChI is InChI=1S/C65H117NO3/c1-3-5-7-9-11-13-15-17-19-21-23-25-27-29-30-31-32-33-34-35-36-37-39-41-43-45-47-49-51-53-55-57-59-61-65(69)66-63(62-67)64(68)60-58-56-54-52-50-48-46-44-42-40-38-28-26-24-22-20-18-16-14-12-10-8-6-4-2/h5,7,11,13,17,19,23,25,29-30,32-33,35-36,63-64,67-68H,3-4,6,8-10,12,14-16,18,20-22,24,26-28,31,34,37-62H2,1-2H3,(H,66,69)/b7-5-,13-11-,19-17-,25-23-,30-29-,33-32-,36-35-. The van der Waals surface area contributed by atoms with E-state index in [1.54, 1.807) is 0 Å². The molecule has 0 aliphatic heterocycles. The molecule has 0 aliphatic carbocycles. The average Bonchev–Trinajstić information content (AvgIpc) is 3.35. The topological polar surface area (TPSA) is 69.6 Å². The normalized spacial score (nSPS) is 13.4. The third-order valence-electron chi connectivity index (χ3n) is 13.7. The predicted molar refractivity (Wildman–Crippen MR) is 308 cm³/mol. The molecule has 3 N–H and O–H groups in total. The van der Waals surface area contributed by atoms with E-state index in [1.165, 1.54) is 205 Å². The Balaban J connectivity index is 3.51. The monoisotopic (exact) mass is 960 g/mol. The fourth-order valence-corrected chi connectivity index (χ4v) is 9.11. The molecule has 400 valence electrons. The maximum Gasteiger partial charge on any atom is 0.220 e. The van der Waals surface area contributed by atoms with Crippen LogP contribution in [-0.2, 0) is 4.79 Å². The van der Waals surface area contributed by atoms with E-state index in [2.05, 4.69) is 104 Å². The predicted octanol–water partition coefficient (Wildman–Crippen LogP) is 20.3. The van der Waals surface area contributed by atoms with Gasteiger partial charge >= 0.3 is 0 Å². The molecule has 2 unspecified atom stereocenters. The summed E-state index contributed by atoms with van der Waals surface area (Å²) >= 11 is 0. The van der Waals surface area contributed by atoms with E-state index in [0.29, 0.717) is 12.8 Å². The smallest absolute Gasteiger partial charge is 0.220 e. The van der Waals surface area contributed by atoms with Crippen LogP contribution in [0.1, 0.15) is 303 Å². The van der Waals surface area contributed by atoms with Crippen LogP contribution in [0.2, 0.25) is 0 Å². The fraction of sp³-hybridized carbons (Fsp3) is 0.769. The highest BCUT2D eigenvalue weighted by atomic mass is 16.3. The lowest BCUT2D eigenvalue weighted by Gasteiger charge is -2.22. The number of amides is 1. The van der Waals surface area contributed by atoms with E-state index in [4.69, 9.17) is 0 Å². The average molecular weight is 961 g/mol. The highest BCUT2D eigenvalue weighted by Crippen LogP contribution is 2.17. The molecule has 2 atom stereocenters. The summed E-state index contributed by atoms with van der Waals surface area (Å²) < 4.78 is 0. The summed E-state index contributed by atoms with van der Waals surface area (Å²) in [6, 6.07) is -0.544. The molecule has 0 radical (unpaired) electrons. The lowest BCUT2D eigenvalue weighted by atomic mass is 10.0. The van der Waals surface area contributed by atoms with Gasteiger partial charge in [0.15, 0.2) is 0 Å². The van der Waals surface area contributed by atoms with Crippen LogP contribution >= 0.6 is 0 Å². The third kappa shape index (κ3) is 56.4. The zero-order valence-electron chi connectivity index (χ0n) is 46.1. The Bertz CT molecular complexity index is 1230. The molecule has 0 bridgehead atoms. The first-order valence-corrected chi connectivity index (χ1v) is 30.3. The number of carbonyl (C=O) groups excluding carboxylic acids is 1. The SMILES string of the molecule is CC/C=C\C/C=C\C/C=C\C/C=C\C/C=C\C/C=C\C/C=C\CCCCCCCCCCCCCC(=O)NC(CO)C(O)CCCCCCCCCCCCCCCCCCCCCCCCCC. The van der Waals surface area contributed by atoms with E-state index < -0.39 is 12.1 Å². The number of hydrogen-bond donors (Lipinski definition) is 3. The Hall–Kier alpha value is -2.43. The van der Waals surface area contributed by atoms with Gasteiger partial charge in [-0.2, -0.15) is 0 Å². The molecule has 0 saturated carbocycles. The van der Waals surface area contributed by atoms with Crippen LogP contribution < -0.4 is 5.32 Å². The third-order valence-corrected chi connectivity index (χ3v) is 13.7. The van der Waals surface area contributed by atoms with E-state index >= 15 is 0 Å². The minimum Gasteiger partial charge on any atom is -0.394 e. The van der Waals surface area contributed by atoms with Gasteiger partial charge in [0.1, 0.15) is 0 Å². The van der Waals surface area contributed by atoms with Gasteiger partial charge in [0, 0.05) is 6.42 Å². The molecule has 0 spiro atoms. The number of rotatable bonds is 55.